The van der Waals surface area contributed by atoms with E-state index >= 15 is 0 Å². The first kappa shape index (κ1) is 34.1. The van der Waals surface area contributed by atoms with Crippen molar-refractivity contribution in [2.75, 3.05) is 0 Å². The normalized spacial score (nSPS) is 34.0. The van der Waals surface area contributed by atoms with Crippen LogP contribution in [0.25, 0.3) is 0 Å². The molecule has 0 aliphatic heterocycles. The zero-order valence-electron chi connectivity index (χ0n) is 26.1. The van der Waals surface area contributed by atoms with Gasteiger partial charge in [0.2, 0.25) is 0 Å². The van der Waals surface area contributed by atoms with E-state index in [1.54, 1.807) is 5.57 Å². The molecular formula is C34H64O. The lowest BCUT2D eigenvalue weighted by molar-refractivity contribution is -0.106. The van der Waals surface area contributed by atoms with Gasteiger partial charge in [-0.3, -0.25) is 0 Å². The highest BCUT2D eigenvalue weighted by molar-refractivity contribution is 5.44. The average Bonchev–Trinajstić information content (AvgIpc) is 3.17. The minimum Gasteiger partial charge on any atom is -0.304 e. The number of allylic oxidation sites excluding steroid dienone is 3. The molecule has 0 amide bonds. The monoisotopic (exact) mass is 488 g/mol. The Morgan fingerprint density at radius 2 is 1.60 bits per heavy atom. The van der Waals surface area contributed by atoms with Gasteiger partial charge in [-0.1, -0.05) is 119 Å². The van der Waals surface area contributed by atoms with Crippen LogP contribution in [-0.4, -0.2) is 6.29 Å². The van der Waals surface area contributed by atoms with E-state index in [0.717, 1.165) is 41.8 Å². The fraction of sp³-hybridized carbons (Fsp3) is 0.853. The van der Waals surface area contributed by atoms with Crippen LogP contribution in [0.15, 0.2) is 23.8 Å². The Morgan fingerprint density at radius 1 is 1.03 bits per heavy atom. The average molecular weight is 489 g/mol. The number of rotatable bonds is 7. The molecule has 1 nitrogen and oxygen atoms in total. The molecule has 206 valence electrons. The Bertz CT molecular complexity index is 643. The number of hydrogen-bond acceptors (Lipinski definition) is 1. The van der Waals surface area contributed by atoms with Crippen LogP contribution in [0.1, 0.15) is 141 Å². The van der Waals surface area contributed by atoms with E-state index in [9.17, 15) is 0 Å². The highest BCUT2D eigenvalue weighted by Crippen LogP contribution is 2.67. The second kappa shape index (κ2) is 16.1. The first-order valence-corrected chi connectivity index (χ1v) is 15.3. The molecule has 0 N–H and O–H groups in total. The summed E-state index contributed by atoms with van der Waals surface area (Å²) in [5.41, 5.74) is 4.04. The van der Waals surface area contributed by atoms with Crippen molar-refractivity contribution in [1.29, 1.82) is 0 Å². The Hall–Kier alpha value is -0.850. The van der Waals surface area contributed by atoms with Gasteiger partial charge in [0.1, 0.15) is 6.29 Å². The van der Waals surface area contributed by atoms with Crippen LogP contribution in [0.5, 0.6) is 0 Å². The summed E-state index contributed by atoms with van der Waals surface area (Å²) in [6.07, 6.45) is 16.0. The molecule has 0 aromatic carbocycles. The van der Waals surface area contributed by atoms with Gasteiger partial charge in [0.15, 0.2) is 0 Å². The van der Waals surface area contributed by atoms with Crippen LogP contribution in [0.3, 0.4) is 0 Å². The molecule has 2 fully saturated rings. The first-order valence-electron chi connectivity index (χ1n) is 15.3. The highest BCUT2D eigenvalue weighted by Gasteiger charge is 2.58. The smallest absolute Gasteiger partial charge is 0.116 e. The van der Waals surface area contributed by atoms with Crippen LogP contribution >= 0.6 is 0 Å². The molecule has 0 aromatic rings. The van der Waals surface area contributed by atoms with E-state index in [2.05, 4.69) is 61.1 Å². The quantitative estimate of drug-likeness (QED) is 0.326. The van der Waals surface area contributed by atoms with Crippen molar-refractivity contribution in [3.63, 3.8) is 0 Å². The number of hydrogen-bond donors (Lipinski definition) is 0. The third kappa shape index (κ3) is 7.82. The van der Waals surface area contributed by atoms with Crippen molar-refractivity contribution in [1.82, 2.24) is 0 Å². The lowest BCUT2D eigenvalue weighted by Gasteiger charge is -2.57. The molecule has 0 heterocycles. The number of fused-ring (bicyclic) bond motifs is 3. The zero-order chi connectivity index (χ0) is 27.4. The van der Waals surface area contributed by atoms with E-state index in [0.29, 0.717) is 10.8 Å². The SMILES string of the molecule is C=C1C=C(C)C(C)(CCC)C2CCC3(C)C(C(C)CCCC(C)C)CCC3C12.CC.CC.CC=O. The van der Waals surface area contributed by atoms with Gasteiger partial charge in [-0.2, -0.15) is 0 Å². The van der Waals surface area contributed by atoms with Crippen LogP contribution in [0, 0.1) is 46.3 Å². The maximum atomic E-state index is 8.81. The summed E-state index contributed by atoms with van der Waals surface area (Å²) in [5.74, 6) is 5.12. The van der Waals surface area contributed by atoms with Crippen molar-refractivity contribution < 1.29 is 4.79 Å². The summed E-state index contributed by atoms with van der Waals surface area (Å²) >= 11 is 0. The minimum absolute atomic E-state index is 0.406. The van der Waals surface area contributed by atoms with Gasteiger partial charge >= 0.3 is 0 Å². The van der Waals surface area contributed by atoms with E-state index in [1.165, 1.54) is 70.3 Å². The lowest BCUT2D eigenvalue weighted by atomic mass is 9.47. The van der Waals surface area contributed by atoms with Gasteiger partial charge in [0, 0.05) is 0 Å². The molecule has 0 spiro atoms. The maximum absolute atomic E-state index is 8.81. The van der Waals surface area contributed by atoms with Gasteiger partial charge < -0.3 is 4.79 Å². The highest BCUT2D eigenvalue weighted by atomic mass is 16.1. The summed E-state index contributed by atoms with van der Waals surface area (Å²) < 4.78 is 0. The molecule has 3 aliphatic rings. The van der Waals surface area contributed by atoms with Gasteiger partial charge in [0.25, 0.3) is 0 Å². The van der Waals surface area contributed by atoms with Crippen molar-refractivity contribution in [2.24, 2.45) is 46.3 Å². The van der Waals surface area contributed by atoms with Crippen molar-refractivity contribution >= 4 is 6.29 Å². The topological polar surface area (TPSA) is 17.1 Å². The van der Waals surface area contributed by atoms with Crippen molar-refractivity contribution in [2.45, 2.75) is 141 Å². The third-order valence-corrected chi connectivity index (χ3v) is 9.79. The molecule has 35 heavy (non-hydrogen) atoms. The predicted octanol–water partition coefficient (Wildman–Crippen LogP) is 11.1. The first-order chi connectivity index (χ1) is 16.6. The predicted molar refractivity (Wildman–Crippen MR) is 159 cm³/mol. The minimum atomic E-state index is 0.406. The standard InChI is InChI=1S/C28H48.C2H4O.2C2H6/c1-9-16-27(7)22(6)18-21(5)26-24-14-13-23(20(4)12-10-11-19(2)3)28(24,8)17-15-25(26)27;1-2-3;2*1-2/h18-20,23-26H,5,9-17H2,1-4,6-8H3;2H,1H3;2*1-2H3. The van der Waals surface area contributed by atoms with Crippen LogP contribution in [-0.2, 0) is 4.79 Å². The lowest BCUT2D eigenvalue weighted by Crippen LogP contribution is -2.49. The van der Waals surface area contributed by atoms with E-state index < -0.39 is 0 Å². The number of aldehydes is 1. The third-order valence-electron chi connectivity index (χ3n) is 9.79. The van der Waals surface area contributed by atoms with Gasteiger partial charge in [-0.15, -0.1) is 0 Å². The van der Waals surface area contributed by atoms with Crippen LogP contribution in [0.2, 0.25) is 0 Å². The summed E-state index contributed by atoms with van der Waals surface area (Å²) in [5, 5.41) is 0. The summed E-state index contributed by atoms with van der Waals surface area (Å²) in [7, 11) is 0. The Morgan fingerprint density at radius 3 is 2.11 bits per heavy atom. The van der Waals surface area contributed by atoms with Crippen LogP contribution in [0.4, 0.5) is 0 Å². The molecule has 3 rings (SSSR count). The molecular weight excluding hydrogens is 424 g/mol. The van der Waals surface area contributed by atoms with Gasteiger partial charge in [-0.05, 0) is 92.3 Å². The summed E-state index contributed by atoms with van der Waals surface area (Å²) in [6.45, 7) is 31.4. The Balaban J connectivity index is 0.00000150. The fourth-order valence-corrected chi connectivity index (χ4v) is 8.13. The maximum Gasteiger partial charge on any atom is 0.116 e. The fourth-order valence-electron chi connectivity index (χ4n) is 8.13. The Labute approximate surface area is 222 Å². The molecule has 0 saturated heterocycles. The summed E-state index contributed by atoms with van der Waals surface area (Å²) in [6, 6.07) is 0. The number of carbonyl (C=O) groups is 1. The molecule has 7 atom stereocenters. The van der Waals surface area contributed by atoms with Gasteiger partial charge in [0.05, 0.1) is 0 Å². The van der Waals surface area contributed by atoms with E-state index in [-0.39, 0.29) is 0 Å². The molecule has 2 saturated carbocycles. The Kier molecular flexibility index (Phi) is 15.7. The number of carbonyl (C=O) groups excluding carboxylic acids is 1. The molecule has 0 bridgehead atoms. The second-order valence-electron chi connectivity index (χ2n) is 12.1. The molecule has 0 radical (unpaired) electrons. The van der Waals surface area contributed by atoms with Crippen molar-refractivity contribution in [3.8, 4) is 0 Å². The van der Waals surface area contributed by atoms with Gasteiger partial charge in [-0.25, -0.2) is 0 Å². The molecule has 0 aromatic heterocycles. The summed E-state index contributed by atoms with van der Waals surface area (Å²) in [4.78, 5) is 8.81. The molecule has 1 heteroatoms. The zero-order valence-corrected chi connectivity index (χ0v) is 26.1. The largest absolute Gasteiger partial charge is 0.304 e. The van der Waals surface area contributed by atoms with Crippen molar-refractivity contribution in [3.05, 3.63) is 23.8 Å². The second-order valence-corrected chi connectivity index (χ2v) is 12.1. The molecule has 3 aliphatic carbocycles. The molecule has 7 unspecified atom stereocenters. The van der Waals surface area contributed by atoms with E-state index in [1.807, 2.05) is 27.7 Å². The van der Waals surface area contributed by atoms with Crippen LogP contribution < -0.4 is 0 Å². The van der Waals surface area contributed by atoms with E-state index in [4.69, 9.17) is 4.79 Å².